The van der Waals surface area contributed by atoms with Crippen LogP contribution in [0.25, 0.3) is 0 Å². The van der Waals surface area contributed by atoms with Crippen molar-refractivity contribution in [3.05, 3.63) is 24.0 Å². The van der Waals surface area contributed by atoms with Crippen LogP contribution in [0.3, 0.4) is 0 Å². The Morgan fingerprint density at radius 2 is 2.36 bits per heavy atom. The van der Waals surface area contributed by atoms with Crippen molar-refractivity contribution in [1.29, 1.82) is 0 Å². The van der Waals surface area contributed by atoms with Crippen molar-refractivity contribution in [2.45, 2.75) is 13.8 Å². The highest BCUT2D eigenvalue weighted by atomic mass is 16.5. The van der Waals surface area contributed by atoms with Crippen molar-refractivity contribution in [2.75, 3.05) is 13.2 Å². The third-order valence-electron chi connectivity index (χ3n) is 1.61. The minimum Gasteiger partial charge on any atom is -0.494 e. The van der Waals surface area contributed by atoms with E-state index in [0.717, 1.165) is 0 Å². The summed E-state index contributed by atoms with van der Waals surface area (Å²) in [6.07, 6.45) is 1.57. The lowest BCUT2D eigenvalue weighted by Gasteiger charge is -2.04. The van der Waals surface area contributed by atoms with Crippen LogP contribution in [0.2, 0.25) is 0 Å². The van der Waals surface area contributed by atoms with E-state index >= 15 is 0 Å². The van der Waals surface area contributed by atoms with E-state index in [1.54, 1.807) is 18.3 Å². The lowest BCUT2D eigenvalue weighted by Crippen LogP contribution is -2.23. The van der Waals surface area contributed by atoms with Gasteiger partial charge in [0.05, 0.1) is 6.61 Å². The molecule has 1 aromatic heterocycles. The first-order valence-electron chi connectivity index (χ1n) is 4.65. The van der Waals surface area contributed by atoms with E-state index in [1.165, 1.54) is 0 Å². The van der Waals surface area contributed by atoms with Gasteiger partial charge in [0.25, 0.3) is 5.91 Å². The molecule has 76 valence electrons. The summed E-state index contributed by atoms with van der Waals surface area (Å²) in [5.74, 6) is 0.498. The zero-order valence-electron chi connectivity index (χ0n) is 8.41. The molecule has 0 atom stereocenters. The van der Waals surface area contributed by atoms with Gasteiger partial charge in [-0.05, 0) is 19.9 Å². The second kappa shape index (κ2) is 5.21. The van der Waals surface area contributed by atoms with Gasteiger partial charge in [0.1, 0.15) is 11.4 Å². The summed E-state index contributed by atoms with van der Waals surface area (Å²) in [4.78, 5) is 15.3. The summed E-state index contributed by atoms with van der Waals surface area (Å²) in [6.45, 7) is 4.94. The van der Waals surface area contributed by atoms with Gasteiger partial charge in [0, 0.05) is 18.8 Å². The van der Waals surface area contributed by atoms with E-state index in [1.807, 2.05) is 13.8 Å². The van der Waals surface area contributed by atoms with Gasteiger partial charge in [-0.1, -0.05) is 0 Å². The van der Waals surface area contributed by atoms with Crippen molar-refractivity contribution in [3.63, 3.8) is 0 Å². The monoisotopic (exact) mass is 194 g/mol. The van der Waals surface area contributed by atoms with Gasteiger partial charge in [0.15, 0.2) is 0 Å². The molecule has 1 N–H and O–H groups in total. The lowest BCUT2D eigenvalue weighted by molar-refractivity contribution is 0.0950. The van der Waals surface area contributed by atoms with Gasteiger partial charge in [-0.15, -0.1) is 0 Å². The van der Waals surface area contributed by atoms with Crippen LogP contribution in [0.5, 0.6) is 5.75 Å². The molecule has 0 radical (unpaired) electrons. The Bertz CT molecular complexity index is 313. The maximum absolute atomic E-state index is 11.4. The number of nitrogens with zero attached hydrogens (tertiary/aromatic N) is 1. The van der Waals surface area contributed by atoms with Crippen LogP contribution < -0.4 is 10.1 Å². The van der Waals surface area contributed by atoms with Crippen molar-refractivity contribution >= 4 is 5.91 Å². The molecule has 14 heavy (non-hydrogen) atoms. The second-order valence-electron chi connectivity index (χ2n) is 2.67. The Balaban J connectivity index is 2.77. The van der Waals surface area contributed by atoms with Gasteiger partial charge in [-0.2, -0.15) is 0 Å². The van der Waals surface area contributed by atoms with E-state index in [4.69, 9.17) is 4.74 Å². The molecule has 1 heterocycles. The summed E-state index contributed by atoms with van der Waals surface area (Å²) in [7, 11) is 0. The van der Waals surface area contributed by atoms with Gasteiger partial charge in [0.2, 0.25) is 0 Å². The van der Waals surface area contributed by atoms with Crippen molar-refractivity contribution in [3.8, 4) is 5.75 Å². The molecule has 1 rings (SSSR count). The van der Waals surface area contributed by atoms with Crippen LogP contribution in [0, 0.1) is 0 Å². The molecule has 4 nitrogen and oxygen atoms in total. The normalized spacial score (nSPS) is 9.57. The third kappa shape index (κ3) is 2.73. The molecule has 1 aromatic rings. The first-order valence-corrected chi connectivity index (χ1v) is 4.65. The number of aromatic nitrogens is 1. The zero-order valence-corrected chi connectivity index (χ0v) is 8.41. The van der Waals surface area contributed by atoms with Crippen molar-refractivity contribution < 1.29 is 9.53 Å². The maximum atomic E-state index is 11.4. The predicted octanol–water partition coefficient (Wildman–Crippen LogP) is 1.23. The number of rotatable bonds is 4. The third-order valence-corrected chi connectivity index (χ3v) is 1.61. The van der Waals surface area contributed by atoms with E-state index in [2.05, 4.69) is 10.3 Å². The molecule has 0 saturated heterocycles. The van der Waals surface area contributed by atoms with Crippen LogP contribution in [0.15, 0.2) is 18.3 Å². The zero-order chi connectivity index (χ0) is 10.4. The van der Waals surface area contributed by atoms with Crippen LogP contribution in [0.1, 0.15) is 24.3 Å². The predicted molar refractivity (Wildman–Crippen MR) is 53.4 cm³/mol. The topological polar surface area (TPSA) is 51.2 Å². The number of pyridine rings is 1. The number of hydrogen-bond donors (Lipinski definition) is 1. The molecule has 1 amide bonds. The Kier molecular flexibility index (Phi) is 3.91. The van der Waals surface area contributed by atoms with Gasteiger partial charge < -0.3 is 10.1 Å². The molecule has 0 saturated carbocycles. The van der Waals surface area contributed by atoms with Crippen molar-refractivity contribution in [1.82, 2.24) is 10.3 Å². The van der Waals surface area contributed by atoms with E-state index < -0.39 is 0 Å². The number of carbonyl (C=O) groups is 1. The Hall–Kier alpha value is -1.58. The molecular weight excluding hydrogens is 180 g/mol. The Morgan fingerprint density at radius 1 is 1.57 bits per heavy atom. The Morgan fingerprint density at radius 3 is 3.00 bits per heavy atom. The molecule has 0 bridgehead atoms. The molecule has 0 aliphatic carbocycles. The Labute approximate surface area is 83.3 Å². The highest BCUT2D eigenvalue weighted by Gasteiger charge is 2.06. The quantitative estimate of drug-likeness (QED) is 0.784. The number of ether oxygens (including phenoxy) is 1. The van der Waals surface area contributed by atoms with Crippen LogP contribution in [-0.2, 0) is 0 Å². The smallest absolute Gasteiger partial charge is 0.270 e. The average molecular weight is 194 g/mol. The summed E-state index contributed by atoms with van der Waals surface area (Å²) in [5, 5.41) is 2.67. The summed E-state index contributed by atoms with van der Waals surface area (Å²) in [6, 6.07) is 3.36. The van der Waals surface area contributed by atoms with Gasteiger partial charge in [-0.3, -0.25) is 9.78 Å². The summed E-state index contributed by atoms with van der Waals surface area (Å²) in [5.41, 5.74) is 0.387. The lowest BCUT2D eigenvalue weighted by atomic mass is 10.3. The fourth-order valence-electron chi connectivity index (χ4n) is 1.04. The second-order valence-corrected chi connectivity index (χ2v) is 2.67. The first-order chi connectivity index (χ1) is 6.77. The molecule has 0 aliphatic heterocycles. The van der Waals surface area contributed by atoms with Gasteiger partial charge in [-0.25, -0.2) is 0 Å². The number of nitrogens with one attached hydrogen (secondary N) is 1. The molecular formula is C10H14N2O2. The fraction of sp³-hybridized carbons (Fsp3) is 0.400. The largest absolute Gasteiger partial charge is 0.494 e. The standard InChI is InChI=1S/C10H14N2O2/c1-3-11-10(13)9-7-8(14-4-2)5-6-12-9/h5-7H,3-4H2,1-2H3,(H,11,13). The maximum Gasteiger partial charge on any atom is 0.270 e. The minimum absolute atomic E-state index is 0.172. The van der Waals surface area contributed by atoms with Crippen LogP contribution in [0.4, 0.5) is 0 Å². The number of amides is 1. The van der Waals surface area contributed by atoms with Crippen LogP contribution >= 0.6 is 0 Å². The molecule has 0 unspecified atom stereocenters. The number of hydrogen-bond acceptors (Lipinski definition) is 3. The highest BCUT2D eigenvalue weighted by Crippen LogP contribution is 2.10. The SMILES string of the molecule is CCNC(=O)c1cc(OCC)ccn1. The first kappa shape index (κ1) is 10.5. The van der Waals surface area contributed by atoms with Crippen LogP contribution in [-0.4, -0.2) is 24.0 Å². The molecule has 0 fully saturated rings. The molecule has 0 spiro atoms. The van der Waals surface area contributed by atoms with E-state index in [0.29, 0.717) is 24.6 Å². The number of carbonyl (C=O) groups excluding carboxylic acids is 1. The minimum atomic E-state index is -0.172. The summed E-state index contributed by atoms with van der Waals surface area (Å²) < 4.78 is 5.25. The van der Waals surface area contributed by atoms with E-state index in [-0.39, 0.29) is 5.91 Å². The molecule has 4 heteroatoms. The fourth-order valence-corrected chi connectivity index (χ4v) is 1.04. The summed E-state index contributed by atoms with van der Waals surface area (Å²) >= 11 is 0. The molecule has 0 aliphatic rings. The van der Waals surface area contributed by atoms with Gasteiger partial charge >= 0.3 is 0 Å². The average Bonchev–Trinajstić information content (AvgIpc) is 2.19. The molecule has 0 aromatic carbocycles. The van der Waals surface area contributed by atoms with Crippen molar-refractivity contribution in [2.24, 2.45) is 0 Å². The highest BCUT2D eigenvalue weighted by molar-refractivity contribution is 5.92. The van der Waals surface area contributed by atoms with E-state index in [9.17, 15) is 4.79 Å².